The molecule has 18 heavy (non-hydrogen) atoms. The van der Waals surface area contributed by atoms with Crippen LogP contribution in [0.5, 0.6) is 0 Å². The van der Waals surface area contributed by atoms with E-state index in [-0.39, 0.29) is 0 Å². The lowest BCUT2D eigenvalue weighted by Crippen LogP contribution is -2.34. The monoisotopic (exact) mass is 332 g/mol. The van der Waals surface area contributed by atoms with E-state index in [9.17, 15) is 0 Å². The minimum absolute atomic E-state index is 0.429. The predicted octanol–water partition coefficient (Wildman–Crippen LogP) is 6.24. The van der Waals surface area contributed by atoms with Crippen LogP contribution in [0.4, 0.5) is 0 Å². The zero-order valence-electron chi connectivity index (χ0n) is 12.9. The predicted molar refractivity (Wildman–Crippen MR) is 89.8 cm³/mol. The zero-order valence-corrected chi connectivity index (χ0v) is 16.2. The minimum atomic E-state index is -0.827. The lowest BCUT2D eigenvalue weighted by atomic mass is 10.3. The van der Waals surface area contributed by atoms with Crippen molar-refractivity contribution in [2.75, 3.05) is 0 Å². The topological polar surface area (TPSA) is 6.48 Å². The van der Waals surface area contributed by atoms with E-state index in [0.29, 0.717) is 24.2 Å². The van der Waals surface area contributed by atoms with Crippen LogP contribution in [-0.4, -0.2) is 33.5 Å². The molecule has 0 spiro atoms. The van der Waals surface area contributed by atoms with Gasteiger partial charge in [-0.1, -0.05) is 22.5 Å². The molecule has 2 nitrogen and oxygen atoms in total. The maximum atomic E-state index is 6.72. The van der Waals surface area contributed by atoms with E-state index < -0.39 is 14.2 Å². The smallest absolute Gasteiger partial charge is 0.120 e. The van der Waals surface area contributed by atoms with Crippen LogP contribution in [-0.2, 0) is 0 Å². The second-order valence-electron chi connectivity index (χ2n) is 5.62. The summed E-state index contributed by atoms with van der Waals surface area (Å²) >= 11 is 13.4. The molecule has 0 saturated heterocycles. The standard InChI is InChI=1S/C12H28Cl2N2P2/c1-9(2)15(10(3)4)17(13)18(14)16(11(5)6)12(7)8/h9-12H,1-8H3. The lowest BCUT2D eigenvalue weighted by Gasteiger charge is -2.42. The number of halogens is 2. The maximum Gasteiger partial charge on any atom is 0.120 e. The first-order chi connectivity index (χ1) is 8.11. The van der Waals surface area contributed by atoms with E-state index in [2.05, 4.69) is 64.7 Å². The van der Waals surface area contributed by atoms with E-state index in [0.717, 1.165) is 0 Å². The first-order valence-corrected chi connectivity index (χ1v) is 11.7. The number of hydrogen-bond donors (Lipinski definition) is 0. The van der Waals surface area contributed by atoms with E-state index in [1.165, 1.54) is 0 Å². The third-order valence-corrected chi connectivity index (χ3v) is 11.9. The molecule has 0 fully saturated rings. The van der Waals surface area contributed by atoms with Gasteiger partial charge in [0.1, 0.15) is 14.2 Å². The van der Waals surface area contributed by atoms with Crippen molar-refractivity contribution in [3.8, 4) is 0 Å². The van der Waals surface area contributed by atoms with Crippen LogP contribution in [0.3, 0.4) is 0 Å². The van der Waals surface area contributed by atoms with Gasteiger partial charge in [-0.2, -0.15) is 0 Å². The van der Waals surface area contributed by atoms with Gasteiger partial charge in [-0.25, -0.2) is 0 Å². The molecule has 0 aliphatic heterocycles. The van der Waals surface area contributed by atoms with E-state index in [1.807, 2.05) is 0 Å². The van der Waals surface area contributed by atoms with Crippen LogP contribution in [0.1, 0.15) is 55.4 Å². The number of rotatable bonds is 7. The normalized spacial score (nSPS) is 16.7. The van der Waals surface area contributed by atoms with E-state index >= 15 is 0 Å². The van der Waals surface area contributed by atoms with Crippen LogP contribution in [0, 0.1) is 0 Å². The molecule has 0 heterocycles. The van der Waals surface area contributed by atoms with Gasteiger partial charge in [0.15, 0.2) is 0 Å². The van der Waals surface area contributed by atoms with Gasteiger partial charge in [-0.05, 0) is 55.4 Å². The Kier molecular flexibility index (Phi) is 9.25. The Balaban J connectivity index is 4.98. The van der Waals surface area contributed by atoms with E-state index in [1.54, 1.807) is 0 Å². The Hall–Kier alpha value is 1.36. The Morgan fingerprint density at radius 3 is 0.833 bits per heavy atom. The summed E-state index contributed by atoms with van der Waals surface area (Å²) in [5, 5.41) is 0. The molecule has 0 aliphatic carbocycles. The van der Waals surface area contributed by atoms with Crippen molar-refractivity contribution < 1.29 is 0 Å². The fourth-order valence-corrected chi connectivity index (χ4v) is 11.0. The number of hydrogen-bond acceptors (Lipinski definition) is 2. The fourth-order valence-electron chi connectivity index (χ4n) is 2.13. The molecule has 2 atom stereocenters. The van der Waals surface area contributed by atoms with Gasteiger partial charge in [0.25, 0.3) is 0 Å². The first kappa shape index (κ1) is 19.4. The van der Waals surface area contributed by atoms with Gasteiger partial charge in [-0.15, -0.1) is 0 Å². The van der Waals surface area contributed by atoms with E-state index in [4.69, 9.17) is 22.5 Å². The van der Waals surface area contributed by atoms with Crippen LogP contribution in [0.15, 0.2) is 0 Å². The van der Waals surface area contributed by atoms with Crippen molar-refractivity contribution in [2.24, 2.45) is 0 Å². The maximum absolute atomic E-state index is 6.72. The molecule has 0 aromatic heterocycles. The van der Waals surface area contributed by atoms with Crippen molar-refractivity contribution in [1.82, 2.24) is 9.34 Å². The summed E-state index contributed by atoms with van der Waals surface area (Å²) in [5.74, 6) is 0. The molecule has 0 radical (unpaired) electrons. The molecule has 0 aromatic carbocycles. The Morgan fingerprint density at radius 2 is 0.722 bits per heavy atom. The highest BCUT2D eigenvalue weighted by Crippen LogP contribution is 2.80. The fraction of sp³-hybridized carbons (Fsp3) is 1.00. The SMILES string of the molecule is CC(C)N(C(C)C)P(Cl)P(Cl)N(C(C)C)C(C)C. The van der Waals surface area contributed by atoms with Crippen LogP contribution in [0.2, 0.25) is 0 Å². The lowest BCUT2D eigenvalue weighted by molar-refractivity contribution is 0.320. The second-order valence-corrected chi connectivity index (χ2v) is 13.1. The molecule has 6 heteroatoms. The highest BCUT2D eigenvalue weighted by Gasteiger charge is 2.35. The van der Waals surface area contributed by atoms with Crippen molar-refractivity contribution in [3.63, 3.8) is 0 Å². The van der Waals surface area contributed by atoms with Crippen molar-refractivity contribution in [2.45, 2.75) is 79.6 Å². The summed E-state index contributed by atoms with van der Waals surface area (Å²) in [6, 6.07) is 1.72. The van der Waals surface area contributed by atoms with Crippen molar-refractivity contribution in [1.29, 1.82) is 0 Å². The molecule has 0 saturated carbocycles. The van der Waals surface area contributed by atoms with Gasteiger partial charge in [0.05, 0.1) is 0 Å². The summed E-state index contributed by atoms with van der Waals surface area (Å²) in [7, 11) is -1.65. The molecule has 0 aromatic rings. The van der Waals surface area contributed by atoms with Crippen molar-refractivity contribution in [3.05, 3.63) is 0 Å². The molecule has 0 bridgehead atoms. The summed E-state index contributed by atoms with van der Waals surface area (Å²) < 4.78 is 4.71. The highest BCUT2D eigenvalue weighted by atomic mass is 35.7. The average Bonchev–Trinajstić information content (AvgIpc) is 2.14. The van der Waals surface area contributed by atoms with Crippen LogP contribution in [0.25, 0.3) is 0 Å². The Bertz CT molecular complexity index is 198. The van der Waals surface area contributed by atoms with Crippen molar-refractivity contribution >= 4 is 36.7 Å². The Morgan fingerprint density at radius 1 is 0.556 bits per heavy atom. The van der Waals surface area contributed by atoms with Crippen LogP contribution < -0.4 is 0 Å². The largest absolute Gasteiger partial charge is 0.259 e. The molecular weight excluding hydrogens is 305 g/mol. The molecule has 110 valence electrons. The van der Waals surface area contributed by atoms with Gasteiger partial charge in [0, 0.05) is 24.2 Å². The quantitative estimate of drug-likeness (QED) is 0.509. The first-order valence-electron chi connectivity index (χ1n) is 6.59. The summed E-state index contributed by atoms with van der Waals surface area (Å²) in [5.41, 5.74) is 0. The summed E-state index contributed by atoms with van der Waals surface area (Å²) in [6.07, 6.45) is 0. The zero-order chi connectivity index (χ0) is 14.6. The third kappa shape index (κ3) is 5.39. The third-order valence-electron chi connectivity index (χ3n) is 2.63. The molecule has 0 aliphatic rings. The second kappa shape index (κ2) is 8.60. The highest BCUT2D eigenvalue weighted by molar-refractivity contribution is 8.46. The van der Waals surface area contributed by atoms with Gasteiger partial charge in [0.2, 0.25) is 0 Å². The molecule has 0 rings (SSSR count). The summed E-state index contributed by atoms with van der Waals surface area (Å²) in [6.45, 7) is 17.5. The summed E-state index contributed by atoms with van der Waals surface area (Å²) in [4.78, 5) is 0. The molecule has 0 N–H and O–H groups in total. The molecule has 0 amide bonds. The number of nitrogens with zero attached hydrogens (tertiary/aromatic N) is 2. The average molecular weight is 333 g/mol. The van der Waals surface area contributed by atoms with Gasteiger partial charge >= 0.3 is 0 Å². The van der Waals surface area contributed by atoms with Gasteiger partial charge < -0.3 is 0 Å². The van der Waals surface area contributed by atoms with Gasteiger partial charge in [-0.3, -0.25) is 9.34 Å². The molecule has 2 unspecified atom stereocenters. The minimum Gasteiger partial charge on any atom is -0.259 e. The molecular formula is C12H28Cl2N2P2. The Labute approximate surface area is 125 Å². The van der Waals surface area contributed by atoms with Crippen LogP contribution >= 0.6 is 36.7 Å².